The first kappa shape index (κ1) is 14.6. The number of thiol groups is 1. The zero-order chi connectivity index (χ0) is 11.8. The van der Waals surface area contributed by atoms with Crippen LogP contribution in [0, 0.1) is 0 Å². The Hall–Kier alpha value is 0.527. The Labute approximate surface area is 108 Å². The maximum Gasteiger partial charge on any atom is 0.0717 e. The van der Waals surface area contributed by atoms with Crippen LogP contribution in [0.3, 0.4) is 0 Å². The number of hydrogen-bond donors (Lipinski definition) is 1. The van der Waals surface area contributed by atoms with Crippen molar-refractivity contribution in [1.82, 2.24) is 0 Å². The van der Waals surface area contributed by atoms with Crippen LogP contribution in [0.4, 0.5) is 0 Å². The summed E-state index contributed by atoms with van der Waals surface area (Å²) in [6.45, 7) is 5.52. The molecule has 16 heavy (non-hydrogen) atoms. The molecular weight excluding hydrogens is 232 g/mol. The minimum absolute atomic E-state index is 0.611. The number of ether oxygens (including phenoxy) is 1. The summed E-state index contributed by atoms with van der Waals surface area (Å²) in [5.74, 6) is 0. The van der Waals surface area contributed by atoms with Crippen LogP contribution in [0.5, 0.6) is 0 Å². The third kappa shape index (κ3) is 5.24. The SMILES string of the molecule is CCCCOC(CCC)[SiH]1CCC(S)CC1. The molecule has 0 aromatic rings. The van der Waals surface area contributed by atoms with Crippen molar-refractivity contribution in [2.45, 2.75) is 75.4 Å². The summed E-state index contributed by atoms with van der Waals surface area (Å²) in [4.78, 5) is 0. The van der Waals surface area contributed by atoms with Crippen LogP contribution >= 0.6 is 12.6 Å². The second-order valence-electron chi connectivity index (χ2n) is 5.12. The van der Waals surface area contributed by atoms with Crippen molar-refractivity contribution in [3.8, 4) is 0 Å². The molecule has 1 unspecified atom stereocenters. The van der Waals surface area contributed by atoms with E-state index in [-0.39, 0.29) is 0 Å². The molecule has 0 aromatic heterocycles. The lowest BCUT2D eigenvalue weighted by Gasteiger charge is -2.31. The highest BCUT2D eigenvalue weighted by molar-refractivity contribution is 7.81. The smallest absolute Gasteiger partial charge is 0.0717 e. The zero-order valence-electron chi connectivity index (χ0n) is 11.0. The fourth-order valence-electron chi connectivity index (χ4n) is 2.59. The van der Waals surface area contributed by atoms with Gasteiger partial charge in [0.15, 0.2) is 0 Å². The largest absolute Gasteiger partial charge is 0.382 e. The lowest BCUT2D eigenvalue weighted by molar-refractivity contribution is 0.0922. The van der Waals surface area contributed by atoms with Gasteiger partial charge in [-0.15, -0.1) is 0 Å². The van der Waals surface area contributed by atoms with E-state index >= 15 is 0 Å². The first-order valence-electron chi connectivity index (χ1n) is 7.07. The molecule has 1 nitrogen and oxygen atoms in total. The fraction of sp³-hybridized carbons (Fsp3) is 1.00. The van der Waals surface area contributed by atoms with Gasteiger partial charge in [0, 0.05) is 17.6 Å². The molecule has 1 heterocycles. The molecule has 0 spiro atoms. The van der Waals surface area contributed by atoms with Gasteiger partial charge < -0.3 is 4.74 Å². The Balaban J connectivity index is 2.30. The summed E-state index contributed by atoms with van der Waals surface area (Å²) in [7, 11) is -0.611. The predicted molar refractivity (Wildman–Crippen MR) is 78.3 cm³/mol. The summed E-state index contributed by atoms with van der Waals surface area (Å²) in [6.07, 6.45) is 7.76. The Bertz CT molecular complexity index is 169. The van der Waals surface area contributed by atoms with Crippen LogP contribution in [-0.4, -0.2) is 26.4 Å². The van der Waals surface area contributed by atoms with Crippen LogP contribution in [0.15, 0.2) is 0 Å². The minimum atomic E-state index is -0.611. The number of hydrogen-bond acceptors (Lipinski definition) is 2. The Morgan fingerprint density at radius 1 is 1.25 bits per heavy atom. The normalized spacial score (nSPS) is 27.9. The lowest BCUT2D eigenvalue weighted by atomic mass is 10.2. The fourth-order valence-corrected chi connectivity index (χ4v) is 7.36. The molecule has 0 amide bonds. The Kier molecular flexibility index (Phi) is 7.83. The predicted octanol–water partition coefficient (Wildman–Crippen LogP) is 3.83. The van der Waals surface area contributed by atoms with Gasteiger partial charge in [-0.1, -0.05) is 38.8 Å². The van der Waals surface area contributed by atoms with E-state index in [1.807, 2.05) is 0 Å². The summed E-state index contributed by atoms with van der Waals surface area (Å²) in [5, 5.41) is 0.682. The van der Waals surface area contributed by atoms with Crippen LogP contribution in [0.25, 0.3) is 0 Å². The van der Waals surface area contributed by atoms with E-state index in [9.17, 15) is 0 Å². The van der Waals surface area contributed by atoms with Crippen molar-refractivity contribution >= 4 is 21.4 Å². The van der Waals surface area contributed by atoms with Gasteiger partial charge in [0.2, 0.25) is 0 Å². The van der Waals surface area contributed by atoms with E-state index in [1.165, 1.54) is 50.6 Å². The highest BCUT2D eigenvalue weighted by atomic mass is 32.1. The van der Waals surface area contributed by atoms with E-state index in [0.717, 1.165) is 6.61 Å². The second-order valence-corrected chi connectivity index (χ2v) is 9.27. The van der Waals surface area contributed by atoms with Gasteiger partial charge in [-0.2, -0.15) is 12.6 Å². The molecule has 1 atom stereocenters. The maximum absolute atomic E-state index is 6.13. The van der Waals surface area contributed by atoms with Crippen molar-refractivity contribution in [2.75, 3.05) is 6.61 Å². The summed E-state index contributed by atoms with van der Waals surface area (Å²) in [6, 6.07) is 2.93. The van der Waals surface area contributed by atoms with Crippen LogP contribution < -0.4 is 0 Å². The van der Waals surface area contributed by atoms with Gasteiger partial charge in [0.1, 0.15) is 0 Å². The third-order valence-corrected chi connectivity index (χ3v) is 7.91. The molecule has 0 saturated carbocycles. The monoisotopic (exact) mass is 260 g/mol. The van der Waals surface area contributed by atoms with Gasteiger partial charge >= 0.3 is 0 Å². The molecule has 1 fully saturated rings. The first-order valence-corrected chi connectivity index (χ1v) is 9.89. The molecule has 3 heteroatoms. The highest BCUT2D eigenvalue weighted by Gasteiger charge is 2.27. The van der Waals surface area contributed by atoms with Gasteiger partial charge in [-0.05, 0) is 25.7 Å². The van der Waals surface area contributed by atoms with E-state index in [4.69, 9.17) is 4.74 Å². The van der Waals surface area contributed by atoms with Gasteiger partial charge in [0.05, 0.1) is 8.80 Å². The minimum Gasteiger partial charge on any atom is -0.382 e. The van der Waals surface area contributed by atoms with E-state index < -0.39 is 8.80 Å². The molecular formula is C13H28OSSi. The Morgan fingerprint density at radius 2 is 1.94 bits per heavy atom. The lowest BCUT2D eigenvalue weighted by Crippen LogP contribution is -2.37. The second kappa shape index (κ2) is 8.59. The van der Waals surface area contributed by atoms with Crippen LogP contribution in [0.1, 0.15) is 52.4 Å². The Morgan fingerprint density at radius 3 is 2.50 bits per heavy atom. The molecule has 0 aliphatic carbocycles. The molecule has 0 N–H and O–H groups in total. The highest BCUT2D eigenvalue weighted by Crippen LogP contribution is 2.27. The maximum atomic E-state index is 6.13. The topological polar surface area (TPSA) is 9.23 Å². The number of unbranched alkanes of at least 4 members (excludes halogenated alkanes) is 1. The van der Waals surface area contributed by atoms with Gasteiger partial charge in [-0.25, -0.2) is 0 Å². The van der Waals surface area contributed by atoms with Gasteiger partial charge in [-0.3, -0.25) is 0 Å². The van der Waals surface area contributed by atoms with E-state index in [2.05, 4.69) is 26.5 Å². The molecule has 1 aliphatic rings. The van der Waals surface area contributed by atoms with E-state index in [0.29, 0.717) is 11.0 Å². The zero-order valence-corrected chi connectivity index (χ0v) is 13.0. The average molecular weight is 261 g/mol. The summed E-state index contributed by atoms with van der Waals surface area (Å²) in [5.41, 5.74) is 0.664. The molecule has 1 rings (SSSR count). The van der Waals surface area contributed by atoms with Crippen molar-refractivity contribution in [3.63, 3.8) is 0 Å². The van der Waals surface area contributed by atoms with Crippen LogP contribution in [0.2, 0.25) is 12.1 Å². The van der Waals surface area contributed by atoms with Crippen molar-refractivity contribution in [1.29, 1.82) is 0 Å². The summed E-state index contributed by atoms with van der Waals surface area (Å²) < 4.78 is 6.13. The molecule has 1 aliphatic heterocycles. The molecule has 0 aromatic carbocycles. The molecule has 1 saturated heterocycles. The number of rotatable bonds is 7. The van der Waals surface area contributed by atoms with Crippen molar-refractivity contribution in [2.24, 2.45) is 0 Å². The molecule has 0 radical (unpaired) electrons. The summed E-state index contributed by atoms with van der Waals surface area (Å²) >= 11 is 4.59. The standard InChI is InChI=1S/C13H28OSSi/c1-3-5-9-14-13(6-4-2)16-10-7-12(15)8-11-16/h12-13,15-16H,3-11H2,1-2H3. The average Bonchev–Trinajstić information content (AvgIpc) is 2.29. The van der Waals surface area contributed by atoms with Crippen LogP contribution in [-0.2, 0) is 4.74 Å². The van der Waals surface area contributed by atoms with Gasteiger partial charge in [0.25, 0.3) is 0 Å². The molecule has 96 valence electrons. The first-order chi connectivity index (χ1) is 7.77. The molecule has 0 bridgehead atoms. The van der Waals surface area contributed by atoms with Crippen molar-refractivity contribution < 1.29 is 4.74 Å². The van der Waals surface area contributed by atoms with Crippen molar-refractivity contribution in [3.05, 3.63) is 0 Å². The quantitative estimate of drug-likeness (QED) is 0.416. The third-order valence-electron chi connectivity index (χ3n) is 3.67. The van der Waals surface area contributed by atoms with E-state index in [1.54, 1.807) is 0 Å².